The molecule has 0 aliphatic carbocycles. The average molecular weight is 385 g/mol. The summed E-state index contributed by atoms with van der Waals surface area (Å²) in [5, 5.41) is 13.7. The van der Waals surface area contributed by atoms with E-state index in [1.165, 1.54) is 24.3 Å². The molecular weight excluding hydrogens is 361 g/mol. The molecule has 0 unspecified atom stereocenters. The van der Waals surface area contributed by atoms with Gasteiger partial charge in [0.15, 0.2) is 0 Å². The van der Waals surface area contributed by atoms with E-state index < -0.39 is 4.92 Å². The van der Waals surface area contributed by atoms with Gasteiger partial charge in [0.05, 0.1) is 4.92 Å². The lowest BCUT2D eigenvalue weighted by atomic mass is 9.93. The zero-order valence-corrected chi connectivity index (χ0v) is 15.6. The molecule has 28 heavy (non-hydrogen) atoms. The predicted molar refractivity (Wildman–Crippen MR) is 104 cm³/mol. The summed E-state index contributed by atoms with van der Waals surface area (Å²) in [4.78, 5) is 24.8. The summed E-state index contributed by atoms with van der Waals surface area (Å²) in [6, 6.07) is 12.5. The Morgan fingerprint density at radius 2 is 1.93 bits per heavy atom. The number of likely N-dealkylation sites (tertiary alicyclic amines) is 1. The van der Waals surface area contributed by atoms with Crippen molar-refractivity contribution in [1.29, 1.82) is 0 Å². The van der Waals surface area contributed by atoms with Crippen LogP contribution in [-0.2, 0) is 6.54 Å². The first-order valence-corrected chi connectivity index (χ1v) is 9.51. The molecule has 2 aromatic carbocycles. The van der Waals surface area contributed by atoms with Crippen LogP contribution in [0.15, 0.2) is 48.5 Å². The highest BCUT2D eigenvalue weighted by atomic mass is 19.1. The maximum atomic E-state index is 13.3. The summed E-state index contributed by atoms with van der Waals surface area (Å²) < 4.78 is 13.3. The Bertz CT molecular complexity index is 835. The third-order valence-electron chi connectivity index (χ3n) is 5.16. The highest BCUT2D eigenvalue weighted by Gasteiger charge is 2.19. The summed E-state index contributed by atoms with van der Waals surface area (Å²) in [6.07, 6.45) is 2.97. The second-order valence-electron chi connectivity index (χ2n) is 7.20. The topological polar surface area (TPSA) is 75.5 Å². The van der Waals surface area contributed by atoms with Crippen molar-refractivity contribution in [1.82, 2.24) is 10.2 Å². The SMILES string of the molecule is O=C(NCCC1CCN(Cc2cccc(F)c2)CC1)c1cccc([N+](=O)[O-])c1. The number of halogens is 1. The number of nitrogens with one attached hydrogen (secondary N) is 1. The van der Waals surface area contributed by atoms with Crippen LogP contribution in [-0.4, -0.2) is 35.4 Å². The molecule has 1 fully saturated rings. The van der Waals surface area contributed by atoms with Gasteiger partial charge in [0, 0.05) is 30.8 Å². The van der Waals surface area contributed by atoms with Crippen molar-refractivity contribution >= 4 is 11.6 Å². The average Bonchev–Trinajstić information content (AvgIpc) is 2.69. The molecule has 1 aliphatic heterocycles. The number of nitrogens with zero attached hydrogens (tertiary/aromatic N) is 2. The first-order valence-electron chi connectivity index (χ1n) is 9.51. The number of non-ortho nitro benzene ring substituents is 1. The molecule has 1 heterocycles. The van der Waals surface area contributed by atoms with Crippen LogP contribution in [0.3, 0.4) is 0 Å². The number of amides is 1. The molecule has 1 saturated heterocycles. The molecule has 2 aromatic rings. The minimum atomic E-state index is -0.506. The van der Waals surface area contributed by atoms with Gasteiger partial charge < -0.3 is 5.32 Å². The molecule has 1 amide bonds. The quantitative estimate of drug-likeness (QED) is 0.582. The molecule has 1 N–H and O–H groups in total. The van der Waals surface area contributed by atoms with Crippen LogP contribution in [0.2, 0.25) is 0 Å². The molecule has 6 nitrogen and oxygen atoms in total. The van der Waals surface area contributed by atoms with Crippen molar-refractivity contribution in [2.45, 2.75) is 25.8 Å². The highest BCUT2D eigenvalue weighted by molar-refractivity contribution is 5.94. The van der Waals surface area contributed by atoms with Crippen molar-refractivity contribution < 1.29 is 14.1 Å². The van der Waals surface area contributed by atoms with Crippen LogP contribution in [0, 0.1) is 21.8 Å². The van der Waals surface area contributed by atoms with Crippen molar-refractivity contribution in [3.05, 3.63) is 75.6 Å². The van der Waals surface area contributed by atoms with E-state index in [0.29, 0.717) is 18.0 Å². The standard InChI is InChI=1S/C21H24FN3O3/c22-19-5-1-3-17(13-19)15-24-11-8-16(9-12-24)7-10-23-21(26)18-4-2-6-20(14-18)25(27)28/h1-6,13-14,16H,7-12,15H2,(H,23,26). The number of carbonyl (C=O) groups excluding carboxylic acids is 1. The van der Waals surface area contributed by atoms with Gasteiger partial charge in [0.1, 0.15) is 5.82 Å². The maximum Gasteiger partial charge on any atom is 0.270 e. The molecular formula is C21H24FN3O3. The lowest BCUT2D eigenvalue weighted by molar-refractivity contribution is -0.384. The smallest absolute Gasteiger partial charge is 0.270 e. The largest absolute Gasteiger partial charge is 0.352 e. The number of nitro benzene ring substituents is 1. The highest BCUT2D eigenvalue weighted by Crippen LogP contribution is 2.22. The van der Waals surface area contributed by atoms with E-state index in [1.807, 2.05) is 6.07 Å². The first kappa shape index (κ1) is 19.9. The lowest BCUT2D eigenvalue weighted by Gasteiger charge is -2.32. The Kier molecular flexibility index (Phi) is 6.71. The van der Waals surface area contributed by atoms with Gasteiger partial charge in [-0.25, -0.2) is 4.39 Å². The summed E-state index contributed by atoms with van der Waals surface area (Å²) in [6.45, 7) is 3.23. The number of piperidine rings is 1. The van der Waals surface area contributed by atoms with E-state index in [0.717, 1.165) is 44.5 Å². The van der Waals surface area contributed by atoms with E-state index in [-0.39, 0.29) is 17.4 Å². The molecule has 7 heteroatoms. The van der Waals surface area contributed by atoms with Crippen LogP contribution < -0.4 is 5.32 Å². The molecule has 0 radical (unpaired) electrons. The lowest BCUT2D eigenvalue weighted by Crippen LogP contribution is -2.34. The van der Waals surface area contributed by atoms with Gasteiger partial charge in [-0.05, 0) is 62.0 Å². The molecule has 0 aromatic heterocycles. The van der Waals surface area contributed by atoms with Crippen LogP contribution in [0.1, 0.15) is 35.2 Å². The Balaban J connectivity index is 1.39. The fourth-order valence-corrected chi connectivity index (χ4v) is 3.58. The van der Waals surface area contributed by atoms with Gasteiger partial charge in [-0.1, -0.05) is 18.2 Å². The van der Waals surface area contributed by atoms with Gasteiger partial charge in [-0.2, -0.15) is 0 Å². The number of benzene rings is 2. The summed E-state index contributed by atoms with van der Waals surface area (Å²) in [5.41, 5.74) is 1.21. The van der Waals surface area contributed by atoms with Crippen molar-refractivity contribution in [3.8, 4) is 0 Å². The maximum absolute atomic E-state index is 13.3. The van der Waals surface area contributed by atoms with Crippen LogP contribution in [0.4, 0.5) is 10.1 Å². The van der Waals surface area contributed by atoms with Gasteiger partial charge >= 0.3 is 0 Å². The zero-order chi connectivity index (χ0) is 19.9. The van der Waals surface area contributed by atoms with Crippen molar-refractivity contribution in [2.75, 3.05) is 19.6 Å². The van der Waals surface area contributed by atoms with Gasteiger partial charge in [-0.3, -0.25) is 19.8 Å². The third-order valence-corrected chi connectivity index (χ3v) is 5.16. The van der Waals surface area contributed by atoms with Gasteiger partial charge in [-0.15, -0.1) is 0 Å². The number of hydrogen-bond acceptors (Lipinski definition) is 4. The monoisotopic (exact) mass is 385 g/mol. The van der Waals surface area contributed by atoms with E-state index >= 15 is 0 Å². The summed E-state index contributed by atoms with van der Waals surface area (Å²) in [5.74, 6) is 0.0493. The third kappa shape index (κ3) is 5.60. The predicted octanol–water partition coefficient (Wildman–Crippen LogP) is 3.77. The number of nitro groups is 1. The summed E-state index contributed by atoms with van der Waals surface area (Å²) in [7, 11) is 0. The van der Waals surface area contributed by atoms with Crippen LogP contribution in [0.25, 0.3) is 0 Å². The Hall–Kier alpha value is -2.80. The molecule has 0 saturated carbocycles. The van der Waals surface area contributed by atoms with E-state index in [9.17, 15) is 19.3 Å². The van der Waals surface area contributed by atoms with E-state index in [2.05, 4.69) is 10.2 Å². The second-order valence-corrected chi connectivity index (χ2v) is 7.20. The molecule has 3 rings (SSSR count). The Morgan fingerprint density at radius 3 is 2.64 bits per heavy atom. The van der Waals surface area contributed by atoms with Gasteiger partial charge in [0.25, 0.3) is 11.6 Å². The first-order chi connectivity index (χ1) is 13.5. The minimum absolute atomic E-state index is 0.0849. The zero-order valence-electron chi connectivity index (χ0n) is 15.6. The molecule has 1 aliphatic rings. The van der Waals surface area contributed by atoms with Crippen molar-refractivity contribution in [2.24, 2.45) is 5.92 Å². The second kappa shape index (κ2) is 9.41. The molecule has 148 valence electrons. The molecule has 0 bridgehead atoms. The molecule has 0 atom stereocenters. The van der Waals surface area contributed by atoms with Gasteiger partial charge in [0.2, 0.25) is 0 Å². The number of hydrogen-bond donors (Lipinski definition) is 1. The number of rotatable bonds is 7. The fraction of sp³-hybridized carbons (Fsp3) is 0.381. The van der Waals surface area contributed by atoms with Crippen molar-refractivity contribution in [3.63, 3.8) is 0 Å². The van der Waals surface area contributed by atoms with E-state index in [4.69, 9.17) is 0 Å². The molecule has 0 spiro atoms. The minimum Gasteiger partial charge on any atom is -0.352 e. The van der Waals surface area contributed by atoms with E-state index in [1.54, 1.807) is 18.2 Å². The summed E-state index contributed by atoms with van der Waals surface area (Å²) >= 11 is 0. The fourth-order valence-electron chi connectivity index (χ4n) is 3.58. The Morgan fingerprint density at radius 1 is 1.18 bits per heavy atom. The number of carbonyl (C=O) groups is 1. The van der Waals surface area contributed by atoms with Crippen LogP contribution >= 0.6 is 0 Å². The normalized spacial score (nSPS) is 15.3. The Labute approximate surface area is 163 Å². The van der Waals surface area contributed by atoms with Crippen LogP contribution in [0.5, 0.6) is 0 Å².